The summed E-state index contributed by atoms with van der Waals surface area (Å²) < 4.78 is 1.06. The fourth-order valence-electron chi connectivity index (χ4n) is 1.47. The fourth-order valence-corrected chi connectivity index (χ4v) is 1.47. The normalized spacial score (nSPS) is 12.4. The second-order valence-corrected chi connectivity index (χ2v) is 4.38. The van der Waals surface area contributed by atoms with Gasteiger partial charge in [0.25, 0.3) is 0 Å². The zero-order valence-electron chi connectivity index (χ0n) is 10.2. The van der Waals surface area contributed by atoms with E-state index in [4.69, 9.17) is 5.11 Å². The maximum absolute atomic E-state index is 11.6. The van der Waals surface area contributed by atoms with Gasteiger partial charge in [-0.25, -0.2) is 14.7 Å². The van der Waals surface area contributed by atoms with Crippen molar-refractivity contribution < 1.29 is 14.7 Å². The van der Waals surface area contributed by atoms with E-state index in [1.165, 1.54) is 6.33 Å². The Bertz CT molecular complexity index is 476. The third-order valence-electron chi connectivity index (χ3n) is 2.27. The van der Waals surface area contributed by atoms with Crippen LogP contribution in [0.3, 0.4) is 0 Å². The van der Waals surface area contributed by atoms with Gasteiger partial charge in [0.15, 0.2) is 0 Å². The van der Waals surface area contributed by atoms with E-state index in [1.54, 1.807) is 0 Å². The molecule has 1 aromatic heterocycles. The second-order valence-electron chi connectivity index (χ2n) is 4.38. The van der Waals surface area contributed by atoms with Crippen molar-refractivity contribution >= 4 is 11.9 Å². The number of nitrogens with one attached hydrogen (secondary N) is 2. The van der Waals surface area contributed by atoms with Crippen molar-refractivity contribution in [3.63, 3.8) is 0 Å². The van der Waals surface area contributed by atoms with E-state index in [2.05, 4.69) is 15.5 Å². The number of carboxylic acid groups (broad SMARTS) is 1. The Morgan fingerprint density at radius 2 is 2.22 bits per heavy atom. The molecule has 1 heterocycles. The highest BCUT2D eigenvalue weighted by Crippen LogP contribution is 2.04. The molecule has 0 saturated carbocycles. The second kappa shape index (κ2) is 5.99. The molecule has 0 bridgehead atoms. The quantitative estimate of drug-likeness (QED) is 0.615. The molecule has 0 spiro atoms. The van der Waals surface area contributed by atoms with E-state index >= 15 is 0 Å². The van der Waals surface area contributed by atoms with Gasteiger partial charge in [-0.2, -0.15) is 5.10 Å². The first-order valence-electron chi connectivity index (χ1n) is 5.52. The largest absolute Gasteiger partial charge is 0.480 e. The molecule has 0 fully saturated rings. The minimum Gasteiger partial charge on any atom is -0.480 e. The lowest BCUT2D eigenvalue weighted by atomic mass is 10.0. The summed E-state index contributed by atoms with van der Waals surface area (Å²) >= 11 is 0. The first-order chi connectivity index (χ1) is 8.40. The molecule has 0 unspecified atom stereocenters. The van der Waals surface area contributed by atoms with Gasteiger partial charge in [-0.15, -0.1) is 0 Å². The predicted molar refractivity (Wildman–Crippen MR) is 61.9 cm³/mol. The minimum absolute atomic E-state index is 0.142. The number of aliphatic carboxylic acids is 1. The molecule has 8 heteroatoms. The molecule has 1 atom stereocenters. The lowest BCUT2D eigenvalue weighted by Crippen LogP contribution is -2.43. The number of carbonyl (C=O) groups is 2. The molecule has 0 aliphatic heterocycles. The Labute approximate surface area is 103 Å². The number of carbonyl (C=O) groups excluding carboxylic acids is 1. The summed E-state index contributed by atoms with van der Waals surface area (Å²) in [5.74, 6) is -1.48. The van der Waals surface area contributed by atoms with Crippen LogP contribution in [0.2, 0.25) is 0 Å². The summed E-state index contributed by atoms with van der Waals surface area (Å²) in [6, 6.07) is -0.944. The summed E-state index contributed by atoms with van der Waals surface area (Å²) in [6.07, 6.45) is 1.52. The first-order valence-corrected chi connectivity index (χ1v) is 5.52. The van der Waals surface area contributed by atoms with Crippen LogP contribution in [0.5, 0.6) is 0 Å². The number of H-pyrrole nitrogens is 1. The summed E-state index contributed by atoms with van der Waals surface area (Å²) in [4.78, 5) is 33.6. The van der Waals surface area contributed by atoms with Gasteiger partial charge < -0.3 is 10.4 Å². The van der Waals surface area contributed by atoms with E-state index in [0.717, 1.165) is 4.57 Å². The van der Waals surface area contributed by atoms with Crippen molar-refractivity contribution in [2.24, 2.45) is 5.92 Å². The highest BCUT2D eigenvalue weighted by molar-refractivity contribution is 5.83. The first kappa shape index (κ1) is 13.9. The van der Waals surface area contributed by atoms with Crippen molar-refractivity contribution in [3.8, 4) is 0 Å². The zero-order chi connectivity index (χ0) is 13.7. The van der Waals surface area contributed by atoms with Crippen LogP contribution < -0.4 is 11.0 Å². The molecule has 8 nitrogen and oxygen atoms in total. The van der Waals surface area contributed by atoms with Crippen LogP contribution in [-0.4, -0.2) is 37.8 Å². The van der Waals surface area contributed by atoms with Crippen LogP contribution in [0.1, 0.15) is 20.3 Å². The molecule has 0 radical (unpaired) electrons. The summed E-state index contributed by atoms with van der Waals surface area (Å²) in [6.45, 7) is 3.47. The number of amides is 1. The standard InChI is InChI=1S/C10H16N4O4/c1-6(2)3-7(9(16)17)12-8(15)4-14-5-11-13-10(14)18/h5-7H,3-4H2,1-2H3,(H,12,15)(H,13,18)(H,16,17)/t7-/m0/s1. The number of aromatic nitrogens is 3. The van der Waals surface area contributed by atoms with Gasteiger partial charge in [0, 0.05) is 0 Å². The lowest BCUT2D eigenvalue weighted by molar-refractivity contribution is -0.142. The predicted octanol–water partition coefficient (Wildman–Crippen LogP) is -0.813. The van der Waals surface area contributed by atoms with Crippen LogP contribution in [-0.2, 0) is 16.1 Å². The number of hydrogen-bond acceptors (Lipinski definition) is 4. The van der Waals surface area contributed by atoms with Gasteiger partial charge in [-0.3, -0.25) is 9.36 Å². The van der Waals surface area contributed by atoms with Gasteiger partial charge in [0.2, 0.25) is 5.91 Å². The Morgan fingerprint density at radius 3 is 2.67 bits per heavy atom. The lowest BCUT2D eigenvalue weighted by Gasteiger charge is -2.16. The highest BCUT2D eigenvalue weighted by Gasteiger charge is 2.21. The molecule has 0 saturated heterocycles. The molecule has 0 aliphatic carbocycles. The number of rotatable bonds is 6. The van der Waals surface area contributed by atoms with Crippen molar-refractivity contribution in [3.05, 3.63) is 16.8 Å². The molecule has 0 aliphatic rings. The molecule has 3 N–H and O–H groups in total. The summed E-state index contributed by atoms with van der Waals surface area (Å²) in [5, 5.41) is 16.9. The summed E-state index contributed by atoms with van der Waals surface area (Å²) in [7, 11) is 0. The van der Waals surface area contributed by atoms with Crippen LogP contribution in [0, 0.1) is 5.92 Å². The van der Waals surface area contributed by atoms with Crippen LogP contribution >= 0.6 is 0 Å². The van der Waals surface area contributed by atoms with Gasteiger partial charge in [0.1, 0.15) is 18.9 Å². The van der Waals surface area contributed by atoms with Gasteiger partial charge >= 0.3 is 11.7 Å². The highest BCUT2D eigenvalue weighted by atomic mass is 16.4. The molecular weight excluding hydrogens is 240 g/mol. The Morgan fingerprint density at radius 1 is 1.56 bits per heavy atom. The van der Waals surface area contributed by atoms with Crippen LogP contribution in [0.25, 0.3) is 0 Å². The smallest absolute Gasteiger partial charge is 0.343 e. The Balaban J connectivity index is 2.59. The average molecular weight is 256 g/mol. The molecular formula is C10H16N4O4. The zero-order valence-corrected chi connectivity index (χ0v) is 10.2. The summed E-state index contributed by atoms with van der Waals surface area (Å²) in [5.41, 5.74) is -0.513. The van der Waals surface area contributed by atoms with Gasteiger partial charge in [0.05, 0.1) is 0 Å². The third-order valence-corrected chi connectivity index (χ3v) is 2.27. The molecule has 1 rings (SSSR count). The molecule has 0 aromatic carbocycles. The molecule has 1 amide bonds. The number of hydrogen-bond donors (Lipinski definition) is 3. The number of aromatic amines is 1. The Hall–Kier alpha value is -2.12. The molecule has 1 aromatic rings. The minimum atomic E-state index is -1.09. The van der Waals surface area contributed by atoms with Crippen LogP contribution in [0.4, 0.5) is 0 Å². The molecule has 18 heavy (non-hydrogen) atoms. The van der Waals surface area contributed by atoms with E-state index in [9.17, 15) is 14.4 Å². The van der Waals surface area contributed by atoms with Crippen molar-refractivity contribution in [2.75, 3.05) is 0 Å². The fraction of sp³-hybridized carbons (Fsp3) is 0.600. The maximum atomic E-state index is 11.6. The van der Waals surface area contributed by atoms with E-state index in [1.807, 2.05) is 13.8 Å². The third kappa shape index (κ3) is 4.04. The van der Waals surface area contributed by atoms with Crippen molar-refractivity contribution in [2.45, 2.75) is 32.9 Å². The topological polar surface area (TPSA) is 117 Å². The van der Waals surface area contributed by atoms with Gasteiger partial charge in [-0.05, 0) is 12.3 Å². The number of nitrogens with zero attached hydrogens (tertiary/aromatic N) is 2. The number of carboxylic acids is 1. The van der Waals surface area contributed by atoms with E-state index < -0.39 is 23.6 Å². The van der Waals surface area contributed by atoms with E-state index in [0.29, 0.717) is 6.42 Å². The van der Waals surface area contributed by atoms with Gasteiger partial charge in [-0.1, -0.05) is 13.8 Å². The van der Waals surface area contributed by atoms with Crippen molar-refractivity contribution in [1.29, 1.82) is 0 Å². The maximum Gasteiger partial charge on any atom is 0.343 e. The SMILES string of the molecule is CC(C)C[C@H](NC(=O)Cn1cn[nH]c1=O)C(=O)O. The Kier molecular flexibility index (Phi) is 4.64. The monoisotopic (exact) mass is 256 g/mol. The van der Waals surface area contributed by atoms with Crippen molar-refractivity contribution in [1.82, 2.24) is 20.1 Å². The molecule has 100 valence electrons. The van der Waals surface area contributed by atoms with E-state index in [-0.39, 0.29) is 12.5 Å². The van der Waals surface area contributed by atoms with Crippen LogP contribution in [0.15, 0.2) is 11.1 Å². The average Bonchev–Trinajstić information content (AvgIpc) is 2.62.